The lowest BCUT2D eigenvalue weighted by atomic mass is 9.81. The van der Waals surface area contributed by atoms with Crippen LogP contribution in [0.4, 0.5) is 17.1 Å². The predicted molar refractivity (Wildman–Crippen MR) is 220 cm³/mol. The Morgan fingerprint density at radius 1 is 0.431 bits per heavy atom. The predicted octanol–water partition coefficient (Wildman–Crippen LogP) is 14.3. The summed E-state index contributed by atoms with van der Waals surface area (Å²) in [7, 11) is 0. The minimum atomic E-state index is -0.0295. The van der Waals surface area contributed by atoms with Crippen LogP contribution in [0.5, 0.6) is 0 Å². The van der Waals surface area contributed by atoms with Crippen LogP contribution in [0.15, 0.2) is 176 Å². The van der Waals surface area contributed by atoms with E-state index in [1.807, 2.05) is 11.3 Å². The summed E-state index contributed by atoms with van der Waals surface area (Å²) in [6, 6.07) is 64.8. The molecular weight excluding hydrogens is 635 g/mol. The zero-order valence-electron chi connectivity index (χ0n) is 28.6. The maximum Gasteiger partial charge on any atom is 0.0540 e. The Bertz CT molecular complexity index is 2780. The molecule has 0 fully saturated rings. The van der Waals surface area contributed by atoms with Crippen LogP contribution in [-0.4, -0.2) is 0 Å². The summed E-state index contributed by atoms with van der Waals surface area (Å²) in [5.74, 6) is 0. The fourth-order valence-electron chi connectivity index (χ4n) is 8.30. The van der Waals surface area contributed by atoms with Gasteiger partial charge in [0.1, 0.15) is 0 Å². The first kappa shape index (κ1) is 29.9. The van der Waals surface area contributed by atoms with Crippen molar-refractivity contribution in [1.29, 1.82) is 0 Å². The molecule has 8 aromatic carbocycles. The molecule has 1 heterocycles. The van der Waals surface area contributed by atoms with Crippen molar-refractivity contribution in [3.8, 4) is 33.4 Å². The van der Waals surface area contributed by atoms with E-state index in [9.17, 15) is 0 Å². The van der Waals surface area contributed by atoms with Crippen molar-refractivity contribution >= 4 is 59.3 Å². The van der Waals surface area contributed by atoms with Crippen molar-refractivity contribution in [2.24, 2.45) is 0 Å². The van der Waals surface area contributed by atoms with Gasteiger partial charge in [-0.2, -0.15) is 0 Å². The summed E-state index contributed by atoms with van der Waals surface area (Å²) in [6.07, 6.45) is 0. The molecule has 51 heavy (non-hydrogen) atoms. The van der Waals surface area contributed by atoms with Crippen LogP contribution >= 0.6 is 11.3 Å². The molecule has 0 amide bonds. The van der Waals surface area contributed by atoms with E-state index in [0.29, 0.717) is 0 Å². The summed E-state index contributed by atoms with van der Waals surface area (Å²) < 4.78 is 2.66. The fourth-order valence-corrected chi connectivity index (χ4v) is 9.54. The van der Waals surface area contributed by atoms with Crippen molar-refractivity contribution in [2.75, 3.05) is 4.90 Å². The molecule has 0 radical (unpaired) electrons. The van der Waals surface area contributed by atoms with Crippen LogP contribution < -0.4 is 4.90 Å². The number of benzene rings is 8. The number of hydrogen-bond donors (Lipinski definition) is 0. The number of rotatable bonds is 5. The maximum atomic E-state index is 2.42. The number of fused-ring (bicyclic) bond motifs is 7. The Kier molecular flexibility index (Phi) is 6.78. The van der Waals surface area contributed by atoms with Gasteiger partial charge in [-0.25, -0.2) is 0 Å². The molecule has 242 valence electrons. The molecule has 1 aromatic heterocycles. The first-order valence-electron chi connectivity index (χ1n) is 17.7. The molecule has 0 saturated heterocycles. The lowest BCUT2D eigenvalue weighted by Gasteiger charge is -2.27. The third kappa shape index (κ3) is 4.75. The summed E-state index contributed by atoms with van der Waals surface area (Å²) in [5.41, 5.74) is 13.9. The van der Waals surface area contributed by atoms with Gasteiger partial charge in [-0.3, -0.25) is 0 Å². The van der Waals surface area contributed by atoms with Gasteiger partial charge in [0, 0.05) is 42.3 Å². The fraction of sp³-hybridized carbons (Fsp3) is 0.0612. The number of nitrogens with zero attached hydrogens (tertiary/aromatic N) is 1. The Balaban J connectivity index is 1.10. The Labute approximate surface area is 302 Å². The van der Waals surface area contributed by atoms with Crippen molar-refractivity contribution in [2.45, 2.75) is 19.3 Å². The average molecular weight is 670 g/mol. The van der Waals surface area contributed by atoms with E-state index in [1.54, 1.807) is 0 Å². The molecule has 9 aromatic rings. The van der Waals surface area contributed by atoms with Crippen molar-refractivity contribution in [3.63, 3.8) is 0 Å². The van der Waals surface area contributed by atoms with E-state index >= 15 is 0 Å². The first-order chi connectivity index (χ1) is 25.0. The molecular formula is C49H35NS. The third-order valence-electron chi connectivity index (χ3n) is 10.9. The van der Waals surface area contributed by atoms with Crippen molar-refractivity contribution in [3.05, 3.63) is 187 Å². The summed E-state index contributed by atoms with van der Waals surface area (Å²) in [6.45, 7) is 4.70. The lowest BCUT2D eigenvalue weighted by Crippen LogP contribution is -2.14. The van der Waals surface area contributed by atoms with E-state index in [2.05, 4.69) is 195 Å². The minimum absolute atomic E-state index is 0.0295. The molecule has 10 rings (SSSR count). The van der Waals surface area contributed by atoms with Gasteiger partial charge in [-0.05, 0) is 92.4 Å². The zero-order valence-corrected chi connectivity index (χ0v) is 29.4. The highest BCUT2D eigenvalue weighted by atomic mass is 32.1. The van der Waals surface area contributed by atoms with E-state index in [1.165, 1.54) is 75.5 Å². The lowest BCUT2D eigenvalue weighted by molar-refractivity contribution is 0.660. The highest BCUT2D eigenvalue weighted by Crippen LogP contribution is 2.50. The average Bonchev–Trinajstić information content (AvgIpc) is 3.67. The molecule has 0 bridgehead atoms. The van der Waals surface area contributed by atoms with Gasteiger partial charge in [0.25, 0.3) is 0 Å². The monoisotopic (exact) mass is 669 g/mol. The smallest absolute Gasteiger partial charge is 0.0540 e. The molecule has 0 atom stereocenters. The van der Waals surface area contributed by atoms with Crippen molar-refractivity contribution in [1.82, 2.24) is 0 Å². The third-order valence-corrected chi connectivity index (χ3v) is 12.1. The molecule has 0 spiro atoms. The summed E-state index contributed by atoms with van der Waals surface area (Å²) in [5, 5.41) is 5.09. The molecule has 1 nitrogen and oxygen atoms in total. The summed E-state index contributed by atoms with van der Waals surface area (Å²) >= 11 is 1.88. The standard InChI is InChI=1S/C49H35NS/c1-49(2)44-21-7-5-17-40(44)41-29-26-34(31-45(41)49)32-24-27-36(28-25-32)50(46-22-10-13-33-12-3-4-16-38(33)46)37-15-9-14-35(30-37)39-19-11-20-43-42-18-6-8-23-47(42)51-48(39)43/h3-31H,1-2H3. The van der Waals surface area contributed by atoms with Gasteiger partial charge >= 0.3 is 0 Å². The van der Waals surface area contributed by atoms with Gasteiger partial charge in [0.2, 0.25) is 0 Å². The molecule has 1 aliphatic carbocycles. The van der Waals surface area contributed by atoms with Crippen LogP contribution in [0.3, 0.4) is 0 Å². The first-order valence-corrected chi connectivity index (χ1v) is 18.5. The van der Waals surface area contributed by atoms with E-state index < -0.39 is 0 Å². The Morgan fingerprint density at radius 3 is 2.00 bits per heavy atom. The molecule has 0 saturated carbocycles. The Morgan fingerprint density at radius 2 is 1.10 bits per heavy atom. The van der Waals surface area contributed by atoms with Gasteiger partial charge in [0.05, 0.1) is 5.69 Å². The topological polar surface area (TPSA) is 3.24 Å². The van der Waals surface area contributed by atoms with Gasteiger partial charge in [-0.15, -0.1) is 11.3 Å². The van der Waals surface area contributed by atoms with Crippen LogP contribution in [0.2, 0.25) is 0 Å². The number of anilines is 3. The largest absolute Gasteiger partial charge is 0.310 e. The number of hydrogen-bond acceptors (Lipinski definition) is 2. The van der Waals surface area contributed by atoms with E-state index in [0.717, 1.165) is 17.1 Å². The second-order valence-corrected chi connectivity index (χ2v) is 15.2. The molecule has 0 unspecified atom stereocenters. The van der Waals surface area contributed by atoms with Gasteiger partial charge in [0.15, 0.2) is 0 Å². The normalized spacial score (nSPS) is 13.1. The summed E-state index contributed by atoms with van der Waals surface area (Å²) in [4.78, 5) is 2.42. The second-order valence-electron chi connectivity index (χ2n) is 14.1. The molecule has 0 N–H and O–H groups in total. The highest BCUT2D eigenvalue weighted by molar-refractivity contribution is 7.26. The highest BCUT2D eigenvalue weighted by Gasteiger charge is 2.35. The van der Waals surface area contributed by atoms with Crippen LogP contribution in [0.1, 0.15) is 25.0 Å². The van der Waals surface area contributed by atoms with Gasteiger partial charge < -0.3 is 4.90 Å². The maximum absolute atomic E-state index is 2.42. The Hall–Kier alpha value is -5.96. The van der Waals surface area contributed by atoms with Crippen LogP contribution in [0.25, 0.3) is 64.3 Å². The SMILES string of the molecule is CC1(C)c2ccccc2-c2ccc(-c3ccc(N(c4cccc(-c5cccc6c5sc5ccccc56)c4)c4cccc5ccccc45)cc3)cc21. The van der Waals surface area contributed by atoms with Gasteiger partial charge in [-0.1, -0.05) is 147 Å². The number of thiophene rings is 1. The quantitative estimate of drug-likeness (QED) is 0.176. The molecule has 0 aliphatic heterocycles. The van der Waals surface area contributed by atoms with E-state index in [-0.39, 0.29) is 5.41 Å². The molecule has 2 heteroatoms. The van der Waals surface area contributed by atoms with Crippen LogP contribution in [-0.2, 0) is 5.41 Å². The van der Waals surface area contributed by atoms with Crippen LogP contribution in [0, 0.1) is 0 Å². The zero-order chi connectivity index (χ0) is 34.1. The minimum Gasteiger partial charge on any atom is -0.310 e. The molecule has 1 aliphatic rings. The van der Waals surface area contributed by atoms with Crippen molar-refractivity contribution < 1.29 is 0 Å². The second kappa shape index (κ2) is 11.6. The van der Waals surface area contributed by atoms with E-state index in [4.69, 9.17) is 0 Å².